The highest BCUT2D eigenvalue weighted by Crippen LogP contribution is 2.49. The van der Waals surface area contributed by atoms with E-state index in [0.717, 1.165) is 66.7 Å². The highest BCUT2D eigenvalue weighted by atomic mass is 16.3. The molecule has 2 heterocycles. The van der Waals surface area contributed by atoms with Gasteiger partial charge in [-0.05, 0) is 86.1 Å². The van der Waals surface area contributed by atoms with E-state index in [1.54, 1.807) is 0 Å². The Balaban J connectivity index is 1.16. The summed E-state index contributed by atoms with van der Waals surface area (Å²) in [6.45, 7) is 4.64. The quantitative estimate of drug-likeness (QED) is 0.178. The second-order valence-electron chi connectivity index (χ2n) is 15.4. The highest BCUT2D eigenvalue weighted by Gasteiger charge is 2.35. The van der Waals surface area contributed by atoms with Crippen molar-refractivity contribution in [3.8, 4) is 67.3 Å². The van der Waals surface area contributed by atoms with Crippen molar-refractivity contribution < 1.29 is 4.42 Å². The number of aromatic nitrogens is 2. The first kappa shape index (κ1) is 32.3. The number of para-hydroxylation sites is 2. The van der Waals surface area contributed by atoms with Gasteiger partial charge in [-0.25, -0.2) is 9.97 Å². The van der Waals surface area contributed by atoms with Crippen molar-refractivity contribution in [2.45, 2.75) is 19.3 Å². The molecule has 3 heteroatoms. The maximum atomic E-state index is 6.60. The number of fused-ring (bicyclic) bond motifs is 7. The molecule has 0 N–H and O–H groups in total. The molecule has 0 amide bonds. The van der Waals surface area contributed by atoms with Crippen molar-refractivity contribution in [3.63, 3.8) is 0 Å². The van der Waals surface area contributed by atoms with E-state index in [-0.39, 0.29) is 5.41 Å². The van der Waals surface area contributed by atoms with Crippen LogP contribution in [0.25, 0.3) is 100.0 Å². The Kier molecular flexibility index (Phi) is 7.20. The third-order valence-electron chi connectivity index (χ3n) is 11.7. The van der Waals surface area contributed by atoms with E-state index in [1.807, 2.05) is 30.3 Å². The molecule has 2 aromatic heterocycles. The van der Waals surface area contributed by atoms with Crippen LogP contribution >= 0.6 is 0 Å². The van der Waals surface area contributed by atoms with Crippen molar-refractivity contribution >= 4 is 32.7 Å². The number of hydrogen-bond donors (Lipinski definition) is 0. The molecule has 10 aromatic rings. The third-order valence-corrected chi connectivity index (χ3v) is 11.7. The van der Waals surface area contributed by atoms with Crippen LogP contribution in [-0.2, 0) is 5.41 Å². The second kappa shape index (κ2) is 12.5. The predicted molar refractivity (Wildman–Crippen MR) is 232 cm³/mol. The number of rotatable bonds is 5. The van der Waals surface area contributed by atoms with Crippen LogP contribution in [0.5, 0.6) is 0 Å². The summed E-state index contributed by atoms with van der Waals surface area (Å²) >= 11 is 0. The molecule has 264 valence electrons. The van der Waals surface area contributed by atoms with Gasteiger partial charge < -0.3 is 4.42 Å². The normalized spacial score (nSPS) is 13.0. The fourth-order valence-corrected chi connectivity index (χ4v) is 8.88. The Morgan fingerprint density at radius 2 is 1.00 bits per heavy atom. The molecule has 0 unspecified atom stereocenters. The maximum absolute atomic E-state index is 6.60. The number of benzene rings is 8. The van der Waals surface area contributed by atoms with Crippen LogP contribution in [-0.4, -0.2) is 9.97 Å². The first-order valence-corrected chi connectivity index (χ1v) is 19.2. The van der Waals surface area contributed by atoms with Crippen molar-refractivity contribution in [1.29, 1.82) is 0 Å². The SMILES string of the molecule is CC1(C)c2ccccc2-c2cc(-c3cc(-c4cc(-c5cccc6ccccc56)cc(-c5cccc6c5oc5ccccc56)c4)nc(-c4ccccc4)n3)ccc21. The summed E-state index contributed by atoms with van der Waals surface area (Å²) in [4.78, 5) is 10.6. The lowest BCUT2D eigenvalue weighted by atomic mass is 9.82. The van der Waals surface area contributed by atoms with Crippen LogP contribution in [0.2, 0.25) is 0 Å². The zero-order valence-corrected chi connectivity index (χ0v) is 31.1. The van der Waals surface area contributed by atoms with Crippen molar-refractivity contribution in [2.75, 3.05) is 0 Å². The molecule has 0 aliphatic heterocycles. The van der Waals surface area contributed by atoms with E-state index in [4.69, 9.17) is 14.4 Å². The van der Waals surface area contributed by atoms with Crippen LogP contribution in [0.3, 0.4) is 0 Å². The lowest BCUT2D eigenvalue weighted by molar-refractivity contribution is 0.660. The van der Waals surface area contributed by atoms with Crippen LogP contribution in [0.1, 0.15) is 25.0 Å². The average molecular weight is 717 g/mol. The first-order valence-electron chi connectivity index (χ1n) is 19.2. The second-order valence-corrected chi connectivity index (χ2v) is 15.4. The van der Waals surface area contributed by atoms with E-state index >= 15 is 0 Å². The molecular formula is C53H36N2O. The molecule has 11 rings (SSSR count). The molecule has 56 heavy (non-hydrogen) atoms. The largest absolute Gasteiger partial charge is 0.455 e. The summed E-state index contributed by atoms with van der Waals surface area (Å²) in [5, 5.41) is 4.62. The van der Waals surface area contributed by atoms with Crippen molar-refractivity contribution in [2.24, 2.45) is 0 Å². The zero-order chi connectivity index (χ0) is 37.4. The van der Waals surface area contributed by atoms with E-state index in [1.165, 1.54) is 38.6 Å². The summed E-state index contributed by atoms with van der Waals surface area (Å²) in [6, 6.07) is 64.8. The molecule has 0 atom stereocenters. The molecule has 0 fully saturated rings. The Morgan fingerprint density at radius 1 is 0.393 bits per heavy atom. The molecule has 1 aliphatic carbocycles. The minimum Gasteiger partial charge on any atom is -0.455 e. The monoisotopic (exact) mass is 716 g/mol. The molecule has 0 bridgehead atoms. The van der Waals surface area contributed by atoms with Gasteiger partial charge in [0.15, 0.2) is 5.82 Å². The Morgan fingerprint density at radius 3 is 1.88 bits per heavy atom. The zero-order valence-electron chi connectivity index (χ0n) is 31.1. The van der Waals surface area contributed by atoms with Gasteiger partial charge in [0, 0.05) is 38.4 Å². The van der Waals surface area contributed by atoms with Gasteiger partial charge in [0.05, 0.1) is 11.4 Å². The van der Waals surface area contributed by atoms with E-state index in [2.05, 4.69) is 166 Å². The molecule has 1 aliphatic rings. The van der Waals surface area contributed by atoms with Gasteiger partial charge in [0.1, 0.15) is 11.2 Å². The van der Waals surface area contributed by atoms with Crippen LogP contribution < -0.4 is 0 Å². The molecular weight excluding hydrogens is 681 g/mol. The van der Waals surface area contributed by atoms with Gasteiger partial charge in [-0.15, -0.1) is 0 Å². The Labute approximate surface area is 325 Å². The van der Waals surface area contributed by atoms with E-state index in [0.29, 0.717) is 5.82 Å². The van der Waals surface area contributed by atoms with Gasteiger partial charge >= 0.3 is 0 Å². The number of nitrogens with zero attached hydrogens (tertiary/aromatic N) is 2. The Bertz CT molecular complexity index is 3170. The van der Waals surface area contributed by atoms with Gasteiger partial charge in [-0.2, -0.15) is 0 Å². The van der Waals surface area contributed by atoms with E-state index in [9.17, 15) is 0 Å². The lowest BCUT2D eigenvalue weighted by Crippen LogP contribution is -2.14. The fraction of sp³-hybridized carbons (Fsp3) is 0.0566. The van der Waals surface area contributed by atoms with Gasteiger partial charge in [-0.3, -0.25) is 0 Å². The highest BCUT2D eigenvalue weighted by molar-refractivity contribution is 6.10. The maximum Gasteiger partial charge on any atom is 0.160 e. The minimum atomic E-state index is -0.0718. The van der Waals surface area contributed by atoms with Gasteiger partial charge in [-0.1, -0.05) is 159 Å². The standard InChI is InChI=1S/C53H36N2O/c1-53(2)46-24-10-8-19-42(46)45-31-35(26-27-47(45)53)48-32-49(55-52(54-48)34-15-4-3-5-16-34)38-29-36(40-21-12-17-33-14-6-7-18-39(33)40)28-37(30-38)41-22-13-23-44-43-20-9-11-25-50(43)56-51(41)44/h3-32H,1-2H3. The number of hydrogen-bond acceptors (Lipinski definition) is 3. The molecule has 8 aromatic carbocycles. The van der Waals surface area contributed by atoms with Crippen molar-refractivity contribution in [1.82, 2.24) is 9.97 Å². The summed E-state index contributed by atoms with van der Waals surface area (Å²) in [7, 11) is 0. The molecule has 0 saturated heterocycles. The summed E-state index contributed by atoms with van der Waals surface area (Å²) in [6.07, 6.45) is 0. The predicted octanol–water partition coefficient (Wildman–Crippen LogP) is 14.2. The van der Waals surface area contributed by atoms with Gasteiger partial charge in [0.25, 0.3) is 0 Å². The van der Waals surface area contributed by atoms with Crippen LogP contribution in [0.15, 0.2) is 186 Å². The smallest absolute Gasteiger partial charge is 0.160 e. The topological polar surface area (TPSA) is 38.9 Å². The Hall–Kier alpha value is -7.10. The van der Waals surface area contributed by atoms with Gasteiger partial charge in [0.2, 0.25) is 0 Å². The lowest BCUT2D eigenvalue weighted by Gasteiger charge is -2.21. The van der Waals surface area contributed by atoms with Crippen LogP contribution in [0.4, 0.5) is 0 Å². The average Bonchev–Trinajstić information content (AvgIpc) is 3.75. The molecule has 0 spiro atoms. The van der Waals surface area contributed by atoms with Crippen LogP contribution in [0, 0.1) is 0 Å². The minimum absolute atomic E-state index is 0.0718. The van der Waals surface area contributed by atoms with Crippen molar-refractivity contribution in [3.05, 3.63) is 193 Å². The van der Waals surface area contributed by atoms with E-state index < -0.39 is 0 Å². The number of furan rings is 1. The summed E-state index contributed by atoms with van der Waals surface area (Å²) in [5.74, 6) is 0.691. The molecule has 3 nitrogen and oxygen atoms in total. The molecule has 0 saturated carbocycles. The first-order chi connectivity index (χ1) is 27.5. The fourth-order valence-electron chi connectivity index (χ4n) is 8.88. The summed E-state index contributed by atoms with van der Waals surface area (Å²) in [5.41, 5.74) is 16.1. The summed E-state index contributed by atoms with van der Waals surface area (Å²) < 4.78 is 6.60. The third kappa shape index (κ3) is 5.12. The molecule has 0 radical (unpaired) electrons.